The third-order valence-electron chi connectivity index (χ3n) is 2.77. The van der Waals surface area contributed by atoms with Crippen LogP contribution in [0.2, 0.25) is 0 Å². The average molecular weight is 234 g/mol. The van der Waals surface area contributed by atoms with Crippen molar-refractivity contribution >= 4 is 11.6 Å². The van der Waals surface area contributed by atoms with Crippen LogP contribution in [0.5, 0.6) is 0 Å². The largest absolute Gasteiger partial charge is 0.374 e. The molecule has 0 fully saturated rings. The maximum absolute atomic E-state index is 11.4. The molecule has 2 N–H and O–H groups in total. The summed E-state index contributed by atoms with van der Waals surface area (Å²) in [6, 6.07) is 8.00. The van der Waals surface area contributed by atoms with Crippen LogP contribution in [-0.4, -0.2) is 19.0 Å². The number of carbonyl (C=O) groups excluding carboxylic acids is 1. The number of anilines is 1. The van der Waals surface area contributed by atoms with Gasteiger partial charge in [-0.3, -0.25) is 4.79 Å². The Labute approximate surface area is 104 Å². The number of rotatable bonds is 3. The molecule has 0 bridgehead atoms. The fraction of sp³-hybridized carbons (Fsp3) is 0.500. The van der Waals surface area contributed by atoms with Crippen LogP contribution in [0.25, 0.3) is 0 Å². The zero-order valence-electron chi connectivity index (χ0n) is 11.3. The van der Waals surface area contributed by atoms with Crippen LogP contribution < -0.4 is 10.6 Å². The highest BCUT2D eigenvalue weighted by atomic mass is 16.2. The molecule has 3 heteroatoms. The highest BCUT2D eigenvalue weighted by Gasteiger charge is 2.14. The number of hydrogen-bond acceptors (Lipinski definition) is 2. The van der Waals surface area contributed by atoms with Crippen molar-refractivity contribution in [1.82, 2.24) is 5.32 Å². The number of amides is 1. The lowest BCUT2D eigenvalue weighted by Gasteiger charge is -2.20. The first kappa shape index (κ1) is 13.6. The molecule has 17 heavy (non-hydrogen) atoms. The monoisotopic (exact) mass is 234 g/mol. The Morgan fingerprint density at radius 3 is 2.12 bits per heavy atom. The Kier molecular flexibility index (Phi) is 4.16. The molecular weight excluding hydrogens is 212 g/mol. The van der Waals surface area contributed by atoms with E-state index in [9.17, 15) is 4.79 Å². The van der Waals surface area contributed by atoms with Crippen LogP contribution in [0.15, 0.2) is 24.3 Å². The first-order chi connectivity index (χ1) is 7.84. The first-order valence-electron chi connectivity index (χ1n) is 5.93. The van der Waals surface area contributed by atoms with Crippen molar-refractivity contribution in [3.63, 3.8) is 0 Å². The molecule has 0 saturated carbocycles. The standard InChI is InChI=1S/C14H22N2O/c1-10(13(17)15-5)16-12-8-6-11(7-9-12)14(2,3)4/h6-10,16H,1-5H3,(H,15,17). The molecule has 0 aliphatic heterocycles. The van der Waals surface area contributed by atoms with Crippen LogP contribution >= 0.6 is 0 Å². The second kappa shape index (κ2) is 5.21. The van der Waals surface area contributed by atoms with E-state index in [2.05, 4.69) is 43.5 Å². The molecule has 0 aliphatic rings. The highest BCUT2D eigenvalue weighted by Crippen LogP contribution is 2.23. The zero-order chi connectivity index (χ0) is 13.1. The van der Waals surface area contributed by atoms with Crippen molar-refractivity contribution in [3.05, 3.63) is 29.8 Å². The minimum Gasteiger partial charge on any atom is -0.374 e. The fourth-order valence-electron chi connectivity index (χ4n) is 1.60. The van der Waals surface area contributed by atoms with Gasteiger partial charge in [0.05, 0.1) is 0 Å². The first-order valence-corrected chi connectivity index (χ1v) is 5.93. The van der Waals surface area contributed by atoms with Crippen LogP contribution in [0.3, 0.4) is 0 Å². The number of likely N-dealkylation sites (N-methyl/N-ethyl adjacent to an activating group) is 1. The average Bonchev–Trinajstić information content (AvgIpc) is 2.27. The molecule has 1 aromatic carbocycles. The van der Waals surface area contributed by atoms with Crippen LogP contribution in [0.4, 0.5) is 5.69 Å². The second-order valence-corrected chi connectivity index (χ2v) is 5.31. The third kappa shape index (κ3) is 3.77. The molecule has 94 valence electrons. The summed E-state index contributed by atoms with van der Waals surface area (Å²) in [7, 11) is 1.64. The molecule has 0 saturated heterocycles. The summed E-state index contributed by atoms with van der Waals surface area (Å²) in [5.74, 6) is -0.00935. The Balaban J connectivity index is 2.72. The van der Waals surface area contributed by atoms with Crippen molar-refractivity contribution in [2.24, 2.45) is 0 Å². The van der Waals surface area contributed by atoms with E-state index < -0.39 is 0 Å². The second-order valence-electron chi connectivity index (χ2n) is 5.31. The van der Waals surface area contributed by atoms with Crippen LogP contribution in [0.1, 0.15) is 33.3 Å². The molecule has 3 nitrogen and oxygen atoms in total. The van der Waals surface area contributed by atoms with Gasteiger partial charge in [-0.25, -0.2) is 0 Å². The number of nitrogens with one attached hydrogen (secondary N) is 2. The van der Waals surface area contributed by atoms with Crippen molar-refractivity contribution in [1.29, 1.82) is 0 Å². The zero-order valence-corrected chi connectivity index (χ0v) is 11.3. The maximum Gasteiger partial charge on any atom is 0.241 e. The fourth-order valence-corrected chi connectivity index (χ4v) is 1.60. The predicted molar refractivity (Wildman–Crippen MR) is 72.3 cm³/mol. The highest BCUT2D eigenvalue weighted by molar-refractivity contribution is 5.83. The van der Waals surface area contributed by atoms with E-state index >= 15 is 0 Å². The van der Waals surface area contributed by atoms with Gasteiger partial charge in [-0.2, -0.15) is 0 Å². The van der Waals surface area contributed by atoms with E-state index in [0.717, 1.165) is 5.69 Å². The molecule has 0 heterocycles. The summed E-state index contributed by atoms with van der Waals surface area (Å²) < 4.78 is 0. The van der Waals surface area contributed by atoms with Gasteiger partial charge in [0.2, 0.25) is 5.91 Å². The molecule has 1 atom stereocenters. The van der Waals surface area contributed by atoms with Crippen molar-refractivity contribution in [2.75, 3.05) is 12.4 Å². The van der Waals surface area contributed by atoms with Gasteiger partial charge in [0.25, 0.3) is 0 Å². The minimum atomic E-state index is -0.222. The summed E-state index contributed by atoms with van der Waals surface area (Å²) >= 11 is 0. The number of benzene rings is 1. The number of hydrogen-bond donors (Lipinski definition) is 2. The molecule has 0 aliphatic carbocycles. The lowest BCUT2D eigenvalue weighted by Crippen LogP contribution is -2.35. The summed E-state index contributed by atoms with van der Waals surface area (Å²) in [4.78, 5) is 11.4. The lowest BCUT2D eigenvalue weighted by atomic mass is 9.87. The van der Waals surface area contributed by atoms with Gasteiger partial charge in [-0.1, -0.05) is 32.9 Å². The molecule has 0 radical (unpaired) electrons. The third-order valence-corrected chi connectivity index (χ3v) is 2.77. The summed E-state index contributed by atoms with van der Waals surface area (Å²) in [6.45, 7) is 8.39. The van der Waals surface area contributed by atoms with Gasteiger partial charge in [0.15, 0.2) is 0 Å². The topological polar surface area (TPSA) is 41.1 Å². The van der Waals surface area contributed by atoms with Gasteiger partial charge in [0.1, 0.15) is 6.04 Å². The van der Waals surface area contributed by atoms with E-state index in [1.165, 1.54) is 5.56 Å². The Bertz CT molecular complexity index is 376. The van der Waals surface area contributed by atoms with E-state index in [-0.39, 0.29) is 17.4 Å². The predicted octanol–water partition coefficient (Wildman–Crippen LogP) is 2.53. The molecule has 0 aromatic heterocycles. The molecule has 1 amide bonds. The van der Waals surface area contributed by atoms with Gasteiger partial charge in [0, 0.05) is 12.7 Å². The Morgan fingerprint density at radius 1 is 1.18 bits per heavy atom. The summed E-state index contributed by atoms with van der Waals surface area (Å²) in [6.07, 6.45) is 0. The van der Waals surface area contributed by atoms with E-state index in [1.807, 2.05) is 19.1 Å². The van der Waals surface area contributed by atoms with Gasteiger partial charge in [-0.15, -0.1) is 0 Å². The van der Waals surface area contributed by atoms with Gasteiger partial charge >= 0.3 is 0 Å². The summed E-state index contributed by atoms with van der Waals surface area (Å²) in [5.41, 5.74) is 2.41. The van der Waals surface area contributed by atoms with Crippen molar-refractivity contribution in [2.45, 2.75) is 39.2 Å². The normalized spacial score (nSPS) is 13.0. The van der Waals surface area contributed by atoms with Crippen molar-refractivity contribution < 1.29 is 4.79 Å². The Hall–Kier alpha value is -1.51. The van der Waals surface area contributed by atoms with E-state index in [4.69, 9.17) is 0 Å². The molecular formula is C14H22N2O. The van der Waals surface area contributed by atoms with Crippen LogP contribution in [-0.2, 0) is 10.2 Å². The van der Waals surface area contributed by atoms with Crippen LogP contribution in [0, 0.1) is 0 Å². The quantitative estimate of drug-likeness (QED) is 0.844. The minimum absolute atomic E-state index is 0.00935. The Morgan fingerprint density at radius 2 is 1.71 bits per heavy atom. The molecule has 0 spiro atoms. The number of carbonyl (C=O) groups is 1. The van der Waals surface area contributed by atoms with Crippen molar-refractivity contribution in [3.8, 4) is 0 Å². The SMILES string of the molecule is CNC(=O)C(C)Nc1ccc(C(C)(C)C)cc1. The maximum atomic E-state index is 11.4. The van der Waals surface area contributed by atoms with E-state index in [1.54, 1.807) is 7.05 Å². The lowest BCUT2D eigenvalue weighted by molar-refractivity contribution is -0.121. The van der Waals surface area contributed by atoms with E-state index in [0.29, 0.717) is 0 Å². The molecule has 1 unspecified atom stereocenters. The van der Waals surface area contributed by atoms with Gasteiger partial charge in [-0.05, 0) is 30.0 Å². The summed E-state index contributed by atoms with van der Waals surface area (Å²) in [5, 5.41) is 5.78. The molecule has 1 rings (SSSR count). The smallest absolute Gasteiger partial charge is 0.241 e. The molecule has 1 aromatic rings. The van der Waals surface area contributed by atoms with Gasteiger partial charge < -0.3 is 10.6 Å².